The van der Waals surface area contributed by atoms with E-state index in [0.29, 0.717) is 21.1 Å². The number of amides is 2. The first kappa shape index (κ1) is 15.1. The first-order valence-electron chi connectivity index (χ1n) is 5.38. The van der Waals surface area contributed by atoms with E-state index in [1.807, 2.05) is 0 Å². The number of carboxylic acids is 1. The normalized spacial score (nSPS) is 14.6. The molecule has 2 N–H and O–H groups in total. The van der Waals surface area contributed by atoms with E-state index in [1.165, 1.54) is 16.7 Å². The number of thioether (sulfide) groups is 2. The highest BCUT2D eigenvalue weighted by molar-refractivity contribution is 8.01. The van der Waals surface area contributed by atoms with Crippen molar-refractivity contribution in [3.63, 3.8) is 0 Å². The largest absolute Gasteiger partial charge is 0.481 e. The van der Waals surface area contributed by atoms with E-state index in [0.717, 1.165) is 23.1 Å². The van der Waals surface area contributed by atoms with Gasteiger partial charge in [-0.1, -0.05) is 23.1 Å². The molecule has 1 aliphatic rings. The third-order valence-corrected chi connectivity index (χ3v) is 5.03. The zero-order chi connectivity index (χ0) is 14.5. The highest BCUT2D eigenvalue weighted by atomic mass is 32.2. The van der Waals surface area contributed by atoms with Gasteiger partial charge in [0, 0.05) is 0 Å². The van der Waals surface area contributed by atoms with Gasteiger partial charge in [0.25, 0.3) is 0 Å². The van der Waals surface area contributed by atoms with E-state index in [1.54, 1.807) is 0 Å². The minimum Gasteiger partial charge on any atom is -0.481 e. The molecule has 108 valence electrons. The molecule has 2 rings (SSSR count). The number of carbonyl (C=O) groups is 3. The SMILES string of the molecule is O=C(O)CSc1nnc(NC(=O)CN2CSCC2=O)s1. The number of aliphatic carboxylic acids is 1. The van der Waals surface area contributed by atoms with E-state index in [-0.39, 0.29) is 24.1 Å². The van der Waals surface area contributed by atoms with Gasteiger partial charge in [-0.05, 0) is 0 Å². The summed E-state index contributed by atoms with van der Waals surface area (Å²) in [6.45, 7) is -0.0109. The van der Waals surface area contributed by atoms with Crippen LogP contribution in [0.1, 0.15) is 0 Å². The summed E-state index contributed by atoms with van der Waals surface area (Å²) < 4.78 is 0.468. The number of anilines is 1. The molecule has 0 atom stereocenters. The van der Waals surface area contributed by atoms with Crippen LogP contribution in [0, 0.1) is 0 Å². The Morgan fingerprint density at radius 2 is 2.25 bits per heavy atom. The number of hydrogen-bond donors (Lipinski definition) is 2. The Kier molecular flexibility index (Phi) is 5.20. The number of nitrogens with zero attached hydrogens (tertiary/aromatic N) is 3. The van der Waals surface area contributed by atoms with Gasteiger partial charge in [-0.2, -0.15) is 0 Å². The molecule has 0 saturated carbocycles. The van der Waals surface area contributed by atoms with Crippen molar-refractivity contribution in [1.29, 1.82) is 0 Å². The molecule has 1 aliphatic heterocycles. The highest BCUT2D eigenvalue weighted by Gasteiger charge is 2.23. The van der Waals surface area contributed by atoms with Gasteiger partial charge in [0.1, 0.15) is 6.54 Å². The Balaban J connectivity index is 1.82. The minimum atomic E-state index is -0.944. The number of carboxylic acid groups (broad SMARTS) is 1. The Morgan fingerprint density at radius 1 is 1.45 bits per heavy atom. The van der Waals surface area contributed by atoms with Crippen molar-refractivity contribution >= 4 is 57.8 Å². The monoisotopic (exact) mass is 334 g/mol. The van der Waals surface area contributed by atoms with Crippen LogP contribution in [0.4, 0.5) is 5.13 Å². The quantitative estimate of drug-likeness (QED) is 0.560. The van der Waals surface area contributed by atoms with E-state index >= 15 is 0 Å². The van der Waals surface area contributed by atoms with E-state index in [4.69, 9.17) is 5.11 Å². The number of rotatable bonds is 6. The Labute approximate surface area is 126 Å². The average molecular weight is 334 g/mol. The van der Waals surface area contributed by atoms with Gasteiger partial charge in [0.15, 0.2) is 4.34 Å². The first-order chi connectivity index (χ1) is 9.54. The summed E-state index contributed by atoms with van der Waals surface area (Å²) in [7, 11) is 0. The predicted molar refractivity (Wildman–Crippen MR) is 75.9 cm³/mol. The fraction of sp³-hybridized carbons (Fsp3) is 0.444. The van der Waals surface area contributed by atoms with Crippen LogP contribution >= 0.6 is 34.9 Å². The molecule has 0 bridgehead atoms. The minimum absolute atomic E-state index is 0.0109. The summed E-state index contributed by atoms with van der Waals surface area (Å²) in [5.41, 5.74) is 0. The summed E-state index contributed by atoms with van der Waals surface area (Å²) in [6, 6.07) is 0. The molecule has 0 aliphatic carbocycles. The van der Waals surface area contributed by atoms with Crippen molar-refractivity contribution in [2.45, 2.75) is 4.34 Å². The third-order valence-electron chi connectivity index (χ3n) is 2.13. The summed E-state index contributed by atoms with van der Waals surface area (Å²) in [4.78, 5) is 34.9. The van der Waals surface area contributed by atoms with Crippen molar-refractivity contribution in [3.8, 4) is 0 Å². The summed E-state index contributed by atoms with van der Waals surface area (Å²) >= 11 is 3.60. The maximum atomic E-state index is 11.7. The van der Waals surface area contributed by atoms with E-state index in [9.17, 15) is 14.4 Å². The predicted octanol–water partition coefficient (Wildman–Crippen LogP) is 0.186. The van der Waals surface area contributed by atoms with Crippen molar-refractivity contribution in [1.82, 2.24) is 15.1 Å². The van der Waals surface area contributed by atoms with E-state index < -0.39 is 5.97 Å². The van der Waals surface area contributed by atoms with Crippen LogP contribution in [-0.4, -0.2) is 61.9 Å². The smallest absolute Gasteiger partial charge is 0.313 e. The molecule has 2 heterocycles. The van der Waals surface area contributed by atoms with Crippen molar-refractivity contribution < 1.29 is 19.5 Å². The van der Waals surface area contributed by atoms with Crippen LogP contribution in [0.15, 0.2) is 4.34 Å². The highest BCUT2D eigenvalue weighted by Crippen LogP contribution is 2.25. The lowest BCUT2D eigenvalue weighted by Crippen LogP contribution is -2.34. The first-order valence-corrected chi connectivity index (χ1v) is 8.34. The van der Waals surface area contributed by atoms with Gasteiger partial charge in [0.2, 0.25) is 16.9 Å². The summed E-state index contributed by atoms with van der Waals surface area (Å²) in [5, 5.41) is 18.9. The Morgan fingerprint density at radius 3 is 2.90 bits per heavy atom. The molecule has 0 aromatic carbocycles. The molecule has 2 amide bonds. The van der Waals surface area contributed by atoms with Crippen LogP contribution in [0.3, 0.4) is 0 Å². The van der Waals surface area contributed by atoms with Crippen LogP contribution in [0.2, 0.25) is 0 Å². The van der Waals surface area contributed by atoms with Gasteiger partial charge >= 0.3 is 5.97 Å². The molecule has 1 aromatic rings. The fourth-order valence-corrected chi connectivity index (χ4v) is 3.71. The molecule has 0 unspecified atom stereocenters. The van der Waals surface area contributed by atoms with Crippen molar-refractivity contribution in [2.75, 3.05) is 29.2 Å². The summed E-state index contributed by atoms with van der Waals surface area (Å²) in [5.74, 6) is -0.528. The van der Waals surface area contributed by atoms with Crippen LogP contribution in [0.25, 0.3) is 0 Å². The topological polar surface area (TPSA) is 112 Å². The van der Waals surface area contributed by atoms with Gasteiger partial charge < -0.3 is 10.0 Å². The molecule has 0 radical (unpaired) electrons. The Hall–Kier alpha value is -1.33. The lowest BCUT2D eigenvalue weighted by atomic mass is 10.5. The van der Waals surface area contributed by atoms with E-state index in [2.05, 4.69) is 15.5 Å². The fourth-order valence-electron chi connectivity index (χ4n) is 1.31. The second-order valence-electron chi connectivity index (χ2n) is 3.67. The van der Waals surface area contributed by atoms with Crippen molar-refractivity contribution in [3.05, 3.63) is 0 Å². The number of hydrogen-bond acceptors (Lipinski definition) is 8. The van der Waals surface area contributed by atoms with Gasteiger partial charge in [-0.15, -0.1) is 22.0 Å². The van der Waals surface area contributed by atoms with Crippen molar-refractivity contribution in [2.24, 2.45) is 0 Å². The molecule has 8 nitrogen and oxygen atoms in total. The second kappa shape index (κ2) is 6.90. The maximum Gasteiger partial charge on any atom is 0.313 e. The van der Waals surface area contributed by atoms with Crippen LogP contribution in [0.5, 0.6) is 0 Å². The molecule has 1 aromatic heterocycles. The standard InChI is InChI=1S/C9H10N4O4S3/c14-5(1-13-4-18-2-6(13)15)10-8-11-12-9(20-8)19-3-7(16)17/h1-4H2,(H,16,17)(H,10,11,14). The number of nitrogens with one attached hydrogen (secondary N) is 1. The zero-order valence-corrected chi connectivity index (χ0v) is 12.5. The maximum absolute atomic E-state index is 11.7. The van der Waals surface area contributed by atoms with Crippen LogP contribution in [-0.2, 0) is 14.4 Å². The molecule has 0 spiro atoms. The second-order valence-corrected chi connectivity index (χ2v) is 6.83. The average Bonchev–Trinajstić information content (AvgIpc) is 2.97. The van der Waals surface area contributed by atoms with Gasteiger partial charge in [0.05, 0.1) is 17.4 Å². The zero-order valence-electron chi connectivity index (χ0n) is 10.1. The molecule has 1 saturated heterocycles. The third kappa shape index (κ3) is 4.35. The Bertz CT molecular complexity index is 535. The lowest BCUT2D eigenvalue weighted by molar-refractivity contribution is -0.134. The molecule has 1 fully saturated rings. The lowest BCUT2D eigenvalue weighted by Gasteiger charge is -2.12. The van der Waals surface area contributed by atoms with Gasteiger partial charge in [-0.25, -0.2) is 0 Å². The summed E-state index contributed by atoms with van der Waals surface area (Å²) in [6.07, 6.45) is 0. The molecular weight excluding hydrogens is 324 g/mol. The number of aromatic nitrogens is 2. The number of carbonyl (C=O) groups excluding carboxylic acids is 2. The molecular formula is C9H10N4O4S3. The van der Waals surface area contributed by atoms with Gasteiger partial charge in [-0.3, -0.25) is 19.7 Å². The molecule has 11 heteroatoms. The molecule has 20 heavy (non-hydrogen) atoms. The van der Waals surface area contributed by atoms with Crippen LogP contribution < -0.4 is 5.32 Å².